The van der Waals surface area contributed by atoms with Gasteiger partial charge in [-0.1, -0.05) is 185 Å². The predicted molar refractivity (Wildman–Crippen MR) is 224 cm³/mol. The van der Waals surface area contributed by atoms with Gasteiger partial charge in [-0.25, -0.2) is 0 Å². The smallest absolute Gasteiger partial charge is 0.306 e. The molecule has 0 aromatic rings. The van der Waals surface area contributed by atoms with Gasteiger partial charge in [0.25, 0.3) is 0 Å². The van der Waals surface area contributed by atoms with Crippen molar-refractivity contribution in [2.75, 3.05) is 13.2 Å². The summed E-state index contributed by atoms with van der Waals surface area (Å²) >= 11 is 0. The van der Waals surface area contributed by atoms with Crippen LogP contribution >= 0.6 is 0 Å². The minimum absolute atomic E-state index is 0.0675. The Bertz CT molecular complexity index is 832. The lowest BCUT2D eigenvalue weighted by molar-refractivity contribution is -0.161. The van der Waals surface area contributed by atoms with Crippen molar-refractivity contribution in [3.8, 4) is 0 Å². The fourth-order valence-corrected chi connectivity index (χ4v) is 6.46. The summed E-state index contributed by atoms with van der Waals surface area (Å²) in [5.74, 6) is -0.594. The maximum Gasteiger partial charge on any atom is 0.306 e. The second-order valence-corrected chi connectivity index (χ2v) is 15.1. The molecule has 0 rings (SSSR count). The van der Waals surface area contributed by atoms with E-state index in [1.807, 2.05) is 0 Å². The molecule has 5 heteroatoms. The third kappa shape index (κ3) is 40.9. The molecule has 0 unspecified atom stereocenters. The van der Waals surface area contributed by atoms with Gasteiger partial charge in [0.15, 0.2) is 6.10 Å². The van der Waals surface area contributed by atoms with Crippen LogP contribution in [0.5, 0.6) is 0 Å². The largest absolute Gasteiger partial charge is 0.462 e. The normalized spacial score (nSPS) is 12.4. The van der Waals surface area contributed by atoms with E-state index >= 15 is 0 Å². The summed E-state index contributed by atoms with van der Waals surface area (Å²) in [6.45, 7) is 4.12. The summed E-state index contributed by atoms with van der Waals surface area (Å²) in [7, 11) is 0. The quantitative estimate of drug-likeness (QED) is 0.0385. The topological polar surface area (TPSA) is 72.8 Å². The van der Waals surface area contributed by atoms with Crippen molar-refractivity contribution in [2.24, 2.45) is 0 Å². The van der Waals surface area contributed by atoms with Crippen LogP contribution in [-0.4, -0.2) is 36.4 Å². The van der Waals surface area contributed by atoms with Crippen molar-refractivity contribution in [3.63, 3.8) is 0 Å². The molecule has 0 aliphatic heterocycles. The maximum absolute atomic E-state index is 12.2. The van der Waals surface area contributed by atoms with Crippen LogP contribution in [0.3, 0.4) is 0 Å². The highest BCUT2D eigenvalue weighted by molar-refractivity contribution is 5.70. The second-order valence-electron chi connectivity index (χ2n) is 15.1. The molecule has 0 heterocycles. The standard InChI is InChI=1S/C47H86O5/c1-3-5-7-9-11-13-15-17-19-21-22-23-24-26-27-29-31-33-35-37-39-41-46(49)51-44-45(43-48)52-47(50)42-40-38-36-34-32-30-28-25-20-18-16-14-12-10-8-6-4-2/h12,14,17-20,45,48H,3-11,13,15-16,21-44H2,1-2H3/b14-12-,19-17-,20-18-/t45-/m0/s1. The fraction of sp³-hybridized carbons (Fsp3) is 0.830. The summed E-state index contributed by atoms with van der Waals surface area (Å²) in [6, 6.07) is 0. The highest BCUT2D eigenvalue weighted by Crippen LogP contribution is 2.15. The van der Waals surface area contributed by atoms with Crippen LogP contribution in [-0.2, 0) is 19.1 Å². The van der Waals surface area contributed by atoms with Gasteiger partial charge in [0.2, 0.25) is 0 Å². The molecule has 0 radical (unpaired) electrons. The molecule has 0 saturated carbocycles. The molecular weight excluding hydrogens is 645 g/mol. The molecule has 0 saturated heterocycles. The van der Waals surface area contributed by atoms with Crippen LogP contribution in [0.1, 0.15) is 232 Å². The monoisotopic (exact) mass is 731 g/mol. The molecule has 0 aromatic heterocycles. The van der Waals surface area contributed by atoms with Crippen LogP contribution in [0.15, 0.2) is 36.5 Å². The summed E-state index contributed by atoms with van der Waals surface area (Å²) in [4.78, 5) is 24.3. The van der Waals surface area contributed by atoms with Gasteiger partial charge in [-0.05, 0) is 70.6 Å². The summed E-state index contributed by atoms with van der Waals surface area (Å²) in [5, 5.41) is 9.59. The lowest BCUT2D eigenvalue weighted by Crippen LogP contribution is -2.28. The highest BCUT2D eigenvalue weighted by Gasteiger charge is 2.16. The first-order chi connectivity index (χ1) is 25.6. The molecule has 304 valence electrons. The van der Waals surface area contributed by atoms with Crippen LogP contribution in [0.2, 0.25) is 0 Å². The molecule has 52 heavy (non-hydrogen) atoms. The minimum Gasteiger partial charge on any atom is -0.462 e. The number of carbonyl (C=O) groups excluding carboxylic acids is 2. The van der Waals surface area contributed by atoms with Crippen LogP contribution in [0.4, 0.5) is 0 Å². The Balaban J connectivity index is 3.51. The third-order valence-electron chi connectivity index (χ3n) is 9.91. The molecule has 0 aromatic carbocycles. The van der Waals surface area contributed by atoms with E-state index in [1.54, 1.807) is 0 Å². The minimum atomic E-state index is -0.774. The van der Waals surface area contributed by atoms with Crippen LogP contribution in [0.25, 0.3) is 0 Å². The number of aliphatic hydroxyl groups is 1. The van der Waals surface area contributed by atoms with E-state index in [9.17, 15) is 14.7 Å². The van der Waals surface area contributed by atoms with E-state index in [2.05, 4.69) is 50.3 Å². The summed E-state index contributed by atoms with van der Waals surface area (Å²) in [6.07, 6.45) is 53.6. The summed E-state index contributed by atoms with van der Waals surface area (Å²) < 4.78 is 10.6. The van der Waals surface area contributed by atoms with Crippen molar-refractivity contribution >= 4 is 11.9 Å². The second kappa shape index (κ2) is 43.5. The average molecular weight is 731 g/mol. The van der Waals surface area contributed by atoms with E-state index in [1.165, 1.54) is 154 Å². The highest BCUT2D eigenvalue weighted by atomic mass is 16.6. The number of hydrogen-bond donors (Lipinski definition) is 1. The molecule has 0 amide bonds. The Morgan fingerprint density at radius 3 is 1.19 bits per heavy atom. The zero-order valence-corrected chi connectivity index (χ0v) is 34.6. The molecule has 1 N–H and O–H groups in total. The number of esters is 2. The Morgan fingerprint density at radius 1 is 0.442 bits per heavy atom. The van der Waals surface area contributed by atoms with Crippen molar-refractivity contribution in [2.45, 2.75) is 238 Å². The van der Waals surface area contributed by atoms with E-state index in [0.29, 0.717) is 12.8 Å². The van der Waals surface area contributed by atoms with Gasteiger partial charge in [-0.2, -0.15) is 0 Å². The number of unbranched alkanes of at least 4 members (excludes halogenated alkanes) is 27. The van der Waals surface area contributed by atoms with Crippen LogP contribution in [0, 0.1) is 0 Å². The summed E-state index contributed by atoms with van der Waals surface area (Å²) in [5.41, 5.74) is 0. The van der Waals surface area contributed by atoms with Gasteiger partial charge >= 0.3 is 11.9 Å². The Morgan fingerprint density at radius 2 is 0.769 bits per heavy atom. The Labute approximate surface area is 323 Å². The molecule has 0 aliphatic rings. The third-order valence-corrected chi connectivity index (χ3v) is 9.91. The zero-order chi connectivity index (χ0) is 37.8. The van der Waals surface area contributed by atoms with Crippen molar-refractivity contribution in [1.29, 1.82) is 0 Å². The molecular formula is C47H86O5. The number of ether oxygens (including phenoxy) is 2. The number of rotatable bonds is 41. The lowest BCUT2D eigenvalue weighted by Gasteiger charge is -2.15. The van der Waals surface area contributed by atoms with Gasteiger partial charge in [0.05, 0.1) is 6.61 Å². The number of allylic oxidation sites excluding steroid dienone is 6. The van der Waals surface area contributed by atoms with Gasteiger partial charge in [0, 0.05) is 12.8 Å². The fourth-order valence-electron chi connectivity index (χ4n) is 6.46. The van der Waals surface area contributed by atoms with E-state index in [0.717, 1.165) is 51.4 Å². The number of carbonyl (C=O) groups is 2. The first-order valence-electron chi connectivity index (χ1n) is 22.5. The molecule has 0 spiro atoms. The number of aliphatic hydroxyl groups excluding tert-OH is 1. The van der Waals surface area contributed by atoms with Gasteiger partial charge < -0.3 is 14.6 Å². The zero-order valence-electron chi connectivity index (χ0n) is 34.6. The molecule has 1 atom stereocenters. The molecule has 0 fully saturated rings. The predicted octanol–water partition coefficient (Wildman–Crippen LogP) is 14.4. The molecule has 0 aliphatic carbocycles. The molecule has 5 nitrogen and oxygen atoms in total. The van der Waals surface area contributed by atoms with Crippen molar-refractivity contribution in [1.82, 2.24) is 0 Å². The van der Waals surface area contributed by atoms with Gasteiger partial charge in [0.1, 0.15) is 6.61 Å². The van der Waals surface area contributed by atoms with Crippen LogP contribution < -0.4 is 0 Å². The lowest BCUT2D eigenvalue weighted by atomic mass is 10.0. The van der Waals surface area contributed by atoms with Gasteiger partial charge in [-0.15, -0.1) is 0 Å². The first-order valence-corrected chi connectivity index (χ1v) is 22.5. The first kappa shape index (κ1) is 50.1. The Kier molecular flexibility index (Phi) is 42.0. The van der Waals surface area contributed by atoms with E-state index in [4.69, 9.17) is 9.47 Å². The maximum atomic E-state index is 12.2. The average Bonchev–Trinajstić information content (AvgIpc) is 3.15. The van der Waals surface area contributed by atoms with E-state index in [-0.39, 0.29) is 25.2 Å². The van der Waals surface area contributed by atoms with Crippen molar-refractivity contribution < 1.29 is 24.2 Å². The van der Waals surface area contributed by atoms with Gasteiger partial charge in [-0.3, -0.25) is 9.59 Å². The van der Waals surface area contributed by atoms with E-state index < -0.39 is 6.10 Å². The van der Waals surface area contributed by atoms with Crippen molar-refractivity contribution in [3.05, 3.63) is 36.5 Å². The Hall–Kier alpha value is -1.88. The number of hydrogen-bond acceptors (Lipinski definition) is 5. The molecule has 0 bridgehead atoms. The SMILES string of the molecule is CCCCC/C=C\C/C=C\CCCCCCCCCC(=O)O[C@@H](CO)COC(=O)CCCCCCCCCCCCC/C=C\CCCCCCCC.